The lowest BCUT2D eigenvalue weighted by Crippen LogP contribution is -2.04. The first-order chi connectivity index (χ1) is 22.9. The summed E-state index contributed by atoms with van der Waals surface area (Å²) in [5, 5.41) is 14.0. The van der Waals surface area contributed by atoms with E-state index in [9.17, 15) is 9.90 Å². The van der Waals surface area contributed by atoms with Crippen molar-refractivity contribution in [2.24, 2.45) is 0 Å². The van der Waals surface area contributed by atoms with Gasteiger partial charge in [-0.3, -0.25) is 0 Å². The Balaban J connectivity index is 1.20. The van der Waals surface area contributed by atoms with Crippen LogP contribution in [0.15, 0.2) is 94.1 Å². The van der Waals surface area contributed by atoms with E-state index in [4.69, 9.17) is 28.1 Å². The topological polar surface area (TPSA) is 135 Å². The Bertz CT molecular complexity index is 2020. The number of methoxy groups -OCH3 is 1. The van der Waals surface area contributed by atoms with E-state index in [-0.39, 0.29) is 18.8 Å². The molecule has 0 saturated carbocycles. The van der Waals surface area contributed by atoms with Gasteiger partial charge < -0.3 is 28.2 Å². The van der Waals surface area contributed by atoms with Gasteiger partial charge in [-0.05, 0) is 55.5 Å². The molecular formula is C36H32N4O7. The zero-order chi connectivity index (χ0) is 32.8. The largest absolute Gasteiger partial charge is 0.492 e. The van der Waals surface area contributed by atoms with Crippen molar-refractivity contribution in [1.29, 1.82) is 0 Å². The van der Waals surface area contributed by atoms with Gasteiger partial charge in [0.15, 0.2) is 17.4 Å². The summed E-state index contributed by atoms with van der Waals surface area (Å²) >= 11 is 0. The molecule has 0 radical (unpaired) electrons. The van der Waals surface area contributed by atoms with E-state index in [1.807, 2.05) is 67.7 Å². The molecule has 47 heavy (non-hydrogen) atoms. The van der Waals surface area contributed by atoms with Crippen LogP contribution in [0, 0.1) is 6.92 Å². The zero-order valence-electron chi connectivity index (χ0n) is 26.0. The molecule has 0 amide bonds. The predicted octanol–water partition coefficient (Wildman–Crippen LogP) is 7.42. The summed E-state index contributed by atoms with van der Waals surface area (Å²) < 4.78 is 31.2. The van der Waals surface area contributed by atoms with Crippen molar-refractivity contribution in [2.75, 3.05) is 7.11 Å². The third-order valence-corrected chi connectivity index (χ3v) is 7.28. The van der Waals surface area contributed by atoms with Crippen LogP contribution < -0.4 is 14.2 Å². The van der Waals surface area contributed by atoms with Gasteiger partial charge in [-0.25, -0.2) is 19.4 Å². The summed E-state index contributed by atoms with van der Waals surface area (Å²) in [6.07, 6.45) is 7.97. The minimum absolute atomic E-state index is 0.104. The monoisotopic (exact) mass is 632 g/mol. The Morgan fingerprint density at radius 2 is 1.81 bits per heavy atom. The summed E-state index contributed by atoms with van der Waals surface area (Å²) in [4.78, 5) is 20.4. The van der Waals surface area contributed by atoms with Crippen LogP contribution in [-0.2, 0) is 19.6 Å². The molecule has 11 heteroatoms. The smallest absolute Gasteiger partial charge is 0.335 e. The number of oxazole rings is 2. The second kappa shape index (κ2) is 13.9. The fourth-order valence-electron chi connectivity index (χ4n) is 4.83. The summed E-state index contributed by atoms with van der Waals surface area (Å²) in [6, 6.07) is 21.8. The zero-order valence-corrected chi connectivity index (χ0v) is 26.0. The van der Waals surface area contributed by atoms with Gasteiger partial charge >= 0.3 is 5.97 Å². The number of ether oxygens (including phenoxy) is 3. The number of para-hydroxylation sites is 2. The number of benzene rings is 3. The highest BCUT2D eigenvalue weighted by atomic mass is 16.5. The van der Waals surface area contributed by atoms with E-state index in [0.29, 0.717) is 58.3 Å². The van der Waals surface area contributed by atoms with Crippen LogP contribution >= 0.6 is 0 Å². The quantitative estimate of drug-likeness (QED) is 0.137. The van der Waals surface area contributed by atoms with Gasteiger partial charge in [0.1, 0.15) is 36.6 Å². The van der Waals surface area contributed by atoms with Gasteiger partial charge in [0.05, 0.1) is 23.9 Å². The number of hydrogen-bond acceptors (Lipinski definition) is 9. The molecule has 1 N–H and O–H groups in total. The molecule has 0 aliphatic rings. The molecule has 0 spiro atoms. The van der Waals surface area contributed by atoms with Crippen molar-refractivity contribution in [2.45, 2.75) is 33.5 Å². The first kappa shape index (κ1) is 30.9. The standard InChI is InChI=1S/C36H32N4O7/c1-4-32-37-28(21-45-32)17-16-26-19-40(29-13-6-5-7-14-29)39-35(26)46-20-27-12-9-15-31(33(27)43-3)44-22-30-23(2)47-34(38-30)24-10-8-11-25(18-24)36(41)42/h5-19,21H,4,20,22H2,1-3H3,(H,41,42). The number of carbonyl (C=O) groups is 1. The van der Waals surface area contributed by atoms with E-state index in [0.717, 1.165) is 16.8 Å². The van der Waals surface area contributed by atoms with Crippen molar-refractivity contribution in [3.05, 3.63) is 125 Å². The van der Waals surface area contributed by atoms with E-state index < -0.39 is 5.97 Å². The van der Waals surface area contributed by atoms with Crippen molar-refractivity contribution in [3.8, 4) is 34.5 Å². The van der Waals surface area contributed by atoms with Crippen molar-refractivity contribution < 1.29 is 32.9 Å². The first-order valence-corrected chi connectivity index (χ1v) is 14.9. The molecule has 0 fully saturated rings. The van der Waals surface area contributed by atoms with Gasteiger partial charge in [0.2, 0.25) is 11.8 Å². The van der Waals surface area contributed by atoms with E-state index in [2.05, 4.69) is 9.97 Å². The van der Waals surface area contributed by atoms with Crippen molar-refractivity contribution in [1.82, 2.24) is 19.7 Å². The third kappa shape index (κ3) is 7.09. The van der Waals surface area contributed by atoms with Gasteiger partial charge in [-0.1, -0.05) is 43.3 Å². The maximum Gasteiger partial charge on any atom is 0.335 e. The maximum atomic E-state index is 11.4. The second-order valence-electron chi connectivity index (χ2n) is 10.5. The van der Waals surface area contributed by atoms with E-state index >= 15 is 0 Å². The first-order valence-electron chi connectivity index (χ1n) is 14.9. The molecule has 0 aliphatic carbocycles. The Morgan fingerprint density at radius 1 is 0.979 bits per heavy atom. The molecule has 0 saturated heterocycles. The van der Waals surface area contributed by atoms with E-state index in [1.165, 1.54) is 12.1 Å². The van der Waals surface area contributed by atoms with Gasteiger partial charge in [0.25, 0.3) is 0 Å². The number of rotatable bonds is 13. The molecule has 0 bridgehead atoms. The lowest BCUT2D eigenvalue weighted by atomic mass is 10.1. The fourth-order valence-corrected chi connectivity index (χ4v) is 4.83. The average molecular weight is 633 g/mol. The third-order valence-electron chi connectivity index (χ3n) is 7.28. The minimum atomic E-state index is -1.02. The number of carboxylic acids is 1. The van der Waals surface area contributed by atoms with Crippen LogP contribution in [0.3, 0.4) is 0 Å². The number of hydrogen-bond donors (Lipinski definition) is 1. The highest BCUT2D eigenvalue weighted by Crippen LogP contribution is 2.34. The van der Waals surface area contributed by atoms with Crippen LogP contribution in [0.4, 0.5) is 0 Å². The molecule has 11 nitrogen and oxygen atoms in total. The highest BCUT2D eigenvalue weighted by molar-refractivity contribution is 5.89. The number of aromatic carboxylic acids is 1. The molecular weight excluding hydrogens is 600 g/mol. The summed E-state index contributed by atoms with van der Waals surface area (Å²) in [5.41, 5.74) is 4.39. The van der Waals surface area contributed by atoms with Crippen molar-refractivity contribution in [3.63, 3.8) is 0 Å². The van der Waals surface area contributed by atoms with Crippen LogP contribution in [0.25, 0.3) is 29.3 Å². The Labute approximate surface area is 270 Å². The second-order valence-corrected chi connectivity index (χ2v) is 10.5. The Kier molecular flexibility index (Phi) is 9.14. The fraction of sp³-hybridized carbons (Fsp3) is 0.167. The summed E-state index contributed by atoms with van der Waals surface area (Å²) in [6.45, 7) is 4.03. The Morgan fingerprint density at radius 3 is 2.57 bits per heavy atom. The number of aryl methyl sites for hydroxylation is 2. The summed E-state index contributed by atoms with van der Waals surface area (Å²) in [5.74, 6) is 1.95. The van der Waals surface area contributed by atoms with Crippen LogP contribution in [0.5, 0.6) is 17.4 Å². The predicted molar refractivity (Wildman–Crippen MR) is 174 cm³/mol. The molecule has 3 aromatic heterocycles. The molecule has 3 heterocycles. The lowest BCUT2D eigenvalue weighted by molar-refractivity contribution is 0.0697. The molecule has 0 atom stereocenters. The van der Waals surface area contributed by atoms with E-state index in [1.54, 1.807) is 43.2 Å². The lowest BCUT2D eigenvalue weighted by Gasteiger charge is -2.14. The van der Waals surface area contributed by atoms with Gasteiger partial charge in [-0.15, -0.1) is 5.10 Å². The molecule has 0 unspecified atom stereocenters. The SMILES string of the molecule is CCc1nc(C=Cc2cn(-c3ccccc3)nc2OCc2cccc(OCc3nc(-c4cccc(C(=O)O)c4)oc3C)c2OC)co1. The van der Waals surface area contributed by atoms with Crippen LogP contribution in [0.2, 0.25) is 0 Å². The molecule has 6 rings (SSSR count). The summed E-state index contributed by atoms with van der Waals surface area (Å²) in [7, 11) is 1.57. The number of carboxylic acid groups (broad SMARTS) is 1. The molecule has 238 valence electrons. The average Bonchev–Trinajstić information content (AvgIpc) is 3.84. The normalized spacial score (nSPS) is 11.2. The molecule has 0 aliphatic heterocycles. The minimum Gasteiger partial charge on any atom is -0.492 e. The van der Waals surface area contributed by atoms with Crippen LogP contribution in [0.1, 0.15) is 51.4 Å². The maximum absolute atomic E-state index is 11.4. The number of aromatic nitrogens is 4. The Hall–Kier alpha value is -6.10. The van der Waals surface area contributed by atoms with Crippen LogP contribution in [-0.4, -0.2) is 37.9 Å². The molecule has 6 aromatic rings. The van der Waals surface area contributed by atoms with Crippen molar-refractivity contribution >= 4 is 18.1 Å². The molecule has 3 aromatic carbocycles. The number of nitrogens with zero attached hydrogens (tertiary/aromatic N) is 4. The van der Waals surface area contributed by atoms with Gasteiger partial charge in [0, 0.05) is 23.7 Å². The highest BCUT2D eigenvalue weighted by Gasteiger charge is 2.17. The van der Waals surface area contributed by atoms with Gasteiger partial charge in [-0.2, -0.15) is 0 Å².